The van der Waals surface area contributed by atoms with Crippen molar-refractivity contribution in [1.82, 2.24) is 41.2 Å². The van der Waals surface area contributed by atoms with E-state index in [1.807, 2.05) is 13.8 Å². The maximum atomic E-state index is 14.2. The molecule has 0 unspecified atom stereocenters. The van der Waals surface area contributed by atoms with Crippen molar-refractivity contribution in [3.8, 4) is 5.75 Å². The molecule has 0 atom stereocenters. The lowest BCUT2D eigenvalue weighted by Gasteiger charge is -2.28. The Hall–Kier alpha value is -5.75. The molecule has 0 aliphatic rings. The highest BCUT2D eigenvalue weighted by Crippen LogP contribution is 2.39. The van der Waals surface area contributed by atoms with E-state index in [1.54, 1.807) is 24.3 Å². The number of hydrogen-bond acceptors (Lipinski definition) is 11. The summed E-state index contributed by atoms with van der Waals surface area (Å²) < 4.78 is 78.7. The number of aromatic nitrogens is 8. The Morgan fingerprint density at radius 3 is 1.69 bits per heavy atom. The molecule has 15 nitrogen and oxygen atoms in total. The number of nitrogens with one attached hydrogen (secondary N) is 2. The molecule has 2 heterocycles. The Kier molecular flexibility index (Phi) is 9.32. The summed E-state index contributed by atoms with van der Waals surface area (Å²) >= 11 is 0. The summed E-state index contributed by atoms with van der Waals surface area (Å²) in [6, 6.07) is 22.4. The fourth-order valence-corrected chi connectivity index (χ4v) is 7.61. The number of H-pyrrole nitrogens is 2. The zero-order valence-electron chi connectivity index (χ0n) is 26.1. The minimum atomic E-state index is -4.29. The van der Waals surface area contributed by atoms with E-state index in [2.05, 4.69) is 41.2 Å². The third-order valence-corrected chi connectivity index (χ3v) is 10.9. The largest absolute Gasteiger partial charge is 0.487 e. The molecule has 0 spiro atoms. The predicted molar refractivity (Wildman–Crippen MR) is 175 cm³/mol. The number of tetrazole rings is 2. The summed E-state index contributed by atoms with van der Waals surface area (Å²) in [5, 5.41) is 27.6. The zero-order valence-corrected chi connectivity index (χ0v) is 27.7. The molecule has 6 rings (SSSR count). The van der Waals surface area contributed by atoms with Gasteiger partial charge in [0.1, 0.15) is 18.2 Å². The van der Waals surface area contributed by atoms with Gasteiger partial charge in [0.25, 0.3) is 20.0 Å². The van der Waals surface area contributed by atoms with E-state index in [0.717, 1.165) is 19.7 Å². The Morgan fingerprint density at radius 2 is 1.18 bits per heavy atom. The molecule has 0 amide bonds. The molecule has 0 aliphatic carbocycles. The molecule has 6 aromatic rings. The highest BCUT2D eigenvalue weighted by atomic mass is 32.2. The summed E-state index contributed by atoms with van der Waals surface area (Å²) in [6.07, 6.45) is 0. The van der Waals surface area contributed by atoms with Crippen molar-refractivity contribution >= 4 is 31.4 Å². The van der Waals surface area contributed by atoms with Crippen LogP contribution in [0, 0.1) is 19.7 Å². The monoisotopic (exact) mass is 704 g/mol. The van der Waals surface area contributed by atoms with Gasteiger partial charge < -0.3 is 4.74 Å². The molecular weight excluding hydrogens is 676 g/mol. The quantitative estimate of drug-likeness (QED) is 0.177. The standard InChI is InChI=1S/C31H29FN10O5S2/c1-21-3-12-26(13-4-21)48(43,44)41(18-30-33-37-38-34-30)25-11-16-28(29(17-25)47-20-23-7-9-24(32)10-8-23)42(19-31-35-39-40-36-31)49(45,46)27-14-5-22(2)6-15-27/h3-17H,18-20H2,1-2H3,(H,33,34,37,38)(H,35,36,39,40). The molecule has 252 valence electrons. The van der Waals surface area contributed by atoms with Gasteiger partial charge in [-0.1, -0.05) is 58.0 Å². The van der Waals surface area contributed by atoms with E-state index in [9.17, 15) is 21.2 Å². The molecule has 0 bridgehead atoms. The van der Waals surface area contributed by atoms with E-state index < -0.39 is 25.9 Å². The summed E-state index contributed by atoms with van der Waals surface area (Å²) in [4.78, 5) is -0.0176. The molecule has 49 heavy (non-hydrogen) atoms. The van der Waals surface area contributed by atoms with Crippen molar-refractivity contribution in [1.29, 1.82) is 0 Å². The number of benzene rings is 4. The van der Waals surface area contributed by atoms with E-state index in [0.29, 0.717) is 5.56 Å². The Balaban J connectivity index is 1.50. The van der Waals surface area contributed by atoms with Crippen molar-refractivity contribution in [3.63, 3.8) is 0 Å². The van der Waals surface area contributed by atoms with Crippen LogP contribution in [0.2, 0.25) is 0 Å². The molecule has 0 saturated carbocycles. The van der Waals surface area contributed by atoms with Gasteiger partial charge in [-0.15, -0.1) is 20.4 Å². The van der Waals surface area contributed by atoms with Gasteiger partial charge in [-0.2, -0.15) is 10.4 Å². The lowest BCUT2D eigenvalue weighted by atomic mass is 10.2. The van der Waals surface area contributed by atoms with E-state index in [1.165, 1.54) is 66.7 Å². The average Bonchev–Trinajstić information content (AvgIpc) is 3.81. The van der Waals surface area contributed by atoms with Gasteiger partial charge in [0.2, 0.25) is 0 Å². The lowest BCUT2D eigenvalue weighted by Crippen LogP contribution is -2.33. The van der Waals surface area contributed by atoms with Crippen LogP contribution in [0.25, 0.3) is 0 Å². The highest BCUT2D eigenvalue weighted by Gasteiger charge is 2.32. The van der Waals surface area contributed by atoms with Crippen molar-refractivity contribution in [2.24, 2.45) is 0 Å². The first-order valence-electron chi connectivity index (χ1n) is 14.7. The second-order valence-corrected chi connectivity index (χ2v) is 14.6. The van der Waals surface area contributed by atoms with Crippen LogP contribution < -0.4 is 13.3 Å². The number of anilines is 2. The van der Waals surface area contributed by atoms with E-state index >= 15 is 0 Å². The van der Waals surface area contributed by atoms with E-state index in [4.69, 9.17) is 4.74 Å². The Bertz CT molecular complexity index is 2240. The van der Waals surface area contributed by atoms with E-state index in [-0.39, 0.29) is 58.3 Å². The van der Waals surface area contributed by atoms with Gasteiger partial charge in [-0.25, -0.2) is 21.2 Å². The van der Waals surface area contributed by atoms with Gasteiger partial charge in [0, 0.05) is 6.07 Å². The lowest BCUT2D eigenvalue weighted by molar-refractivity contribution is 0.307. The molecule has 4 aromatic carbocycles. The first kappa shape index (κ1) is 33.2. The number of ether oxygens (including phenoxy) is 1. The van der Waals surface area contributed by atoms with Crippen LogP contribution in [-0.2, 0) is 39.7 Å². The number of nitrogens with zero attached hydrogens (tertiary/aromatic N) is 8. The summed E-state index contributed by atoms with van der Waals surface area (Å²) in [5.74, 6) is -0.322. The van der Waals surface area contributed by atoms with Crippen molar-refractivity contribution in [3.05, 3.63) is 125 Å². The Labute approximate surface area is 280 Å². The minimum Gasteiger partial charge on any atom is -0.487 e. The van der Waals surface area contributed by atoms with Crippen LogP contribution in [-0.4, -0.2) is 58.1 Å². The normalized spacial score (nSPS) is 11.7. The van der Waals surface area contributed by atoms with Gasteiger partial charge >= 0.3 is 0 Å². The molecular formula is C31H29FN10O5S2. The molecule has 2 N–H and O–H groups in total. The van der Waals surface area contributed by atoms with Crippen LogP contribution in [0.4, 0.5) is 15.8 Å². The number of rotatable bonds is 13. The third kappa shape index (κ3) is 7.39. The van der Waals surface area contributed by atoms with Crippen molar-refractivity contribution in [2.75, 3.05) is 8.61 Å². The summed E-state index contributed by atoms with van der Waals surface area (Å²) in [7, 11) is -8.52. The highest BCUT2D eigenvalue weighted by molar-refractivity contribution is 7.93. The maximum absolute atomic E-state index is 14.2. The topological polar surface area (TPSA) is 193 Å². The maximum Gasteiger partial charge on any atom is 0.264 e. The van der Waals surface area contributed by atoms with Crippen LogP contribution in [0.5, 0.6) is 5.75 Å². The number of hydrogen-bond donors (Lipinski definition) is 2. The number of halogens is 1. The van der Waals surface area contributed by atoms with Gasteiger partial charge in [-0.05, 0) is 67.9 Å². The Morgan fingerprint density at radius 1 is 0.673 bits per heavy atom. The first-order chi connectivity index (χ1) is 23.5. The summed E-state index contributed by atoms with van der Waals surface area (Å²) in [5.41, 5.74) is 2.44. The molecule has 0 aliphatic heterocycles. The second-order valence-electron chi connectivity index (χ2n) is 10.9. The fourth-order valence-electron chi connectivity index (χ4n) is 4.77. The SMILES string of the molecule is Cc1ccc(S(=O)(=O)N(Cc2nn[nH]n2)c2ccc(N(Cc3nn[nH]n3)S(=O)(=O)c3ccc(C)cc3)c(OCc3ccc(F)cc3)c2)cc1. The van der Waals surface area contributed by atoms with Gasteiger partial charge in [0.15, 0.2) is 11.6 Å². The van der Waals surface area contributed by atoms with Gasteiger partial charge in [-0.3, -0.25) is 8.61 Å². The molecule has 0 radical (unpaired) electrons. The minimum absolute atomic E-state index is 0.000124. The van der Waals surface area contributed by atoms with Gasteiger partial charge in [0.05, 0.1) is 34.3 Å². The van der Waals surface area contributed by atoms with Crippen LogP contribution in [0.15, 0.2) is 101 Å². The number of aromatic amines is 2. The van der Waals surface area contributed by atoms with Crippen molar-refractivity contribution in [2.45, 2.75) is 43.3 Å². The van der Waals surface area contributed by atoms with Crippen LogP contribution in [0.1, 0.15) is 28.3 Å². The molecule has 2 aromatic heterocycles. The van der Waals surface area contributed by atoms with Crippen LogP contribution in [0.3, 0.4) is 0 Å². The first-order valence-corrected chi connectivity index (χ1v) is 17.5. The van der Waals surface area contributed by atoms with Crippen molar-refractivity contribution < 1.29 is 26.0 Å². The second kappa shape index (κ2) is 13.8. The molecule has 18 heteroatoms. The third-order valence-electron chi connectivity index (χ3n) is 7.37. The average molecular weight is 705 g/mol. The number of aryl methyl sites for hydroxylation is 2. The smallest absolute Gasteiger partial charge is 0.264 e. The number of sulfonamides is 2. The van der Waals surface area contributed by atoms with Crippen LogP contribution >= 0.6 is 0 Å². The zero-order chi connectivity index (χ0) is 34.6. The molecule has 0 saturated heterocycles. The molecule has 0 fully saturated rings. The fraction of sp³-hybridized carbons (Fsp3) is 0.161. The predicted octanol–water partition coefficient (Wildman–Crippen LogP) is 3.84. The summed E-state index contributed by atoms with van der Waals surface area (Å²) in [6.45, 7) is 2.87.